The molecule has 0 atom stereocenters. The van der Waals surface area contributed by atoms with Gasteiger partial charge in [-0.05, 0) is 12.2 Å². The number of nitrogens with two attached hydrogens (primary N) is 2. The minimum Gasteiger partial charge on any atom is -0.368 e. The Bertz CT molecular complexity index is 346. The minimum absolute atomic E-state index is 0.208. The van der Waals surface area contributed by atoms with Crippen LogP contribution in [0, 0.1) is 0 Å². The zero-order valence-corrected chi connectivity index (χ0v) is 8.94. The summed E-state index contributed by atoms with van der Waals surface area (Å²) in [5.41, 5.74) is 7.83. The average molecular weight is 230 g/mol. The van der Waals surface area contributed by atoms with Crippen molar-refractivity contribution in [2.45, 2.75) is 5.16 Å². The van der Waals surface area contributed by atoms with Gasteiger partial charge in [0.25, 0.3) is 0 Å². The van der Waals surface area contributed by atoms with E-state index in [9.17, 15) is 0 Å². The van der Waals surface area contributed by atoms with Crippen molar-refractivity contribution in [3.05, 3.63) is 12.7 Å². The Morgan fingerprint density at radius 2 is 2.50 bits per heavy atom. The average Bonchev–Trinajstić information content (AvgIpc) is 2.55. The molecule has 0 aliphatic rings. The van der Waals surface area contributed by atoms with Gasteiger partial charge in [-0.25, -0.2) is 5.84 Å². The summed E-state index contributed by atoms with van der Waals surface area (Å²) in [5, 5.41) is 4.78. The second-order valence-corrected chi connectivity index (χ2v) is 3.59. The van der Waals surface area contributed by atoms with Crippen molar-refractivity contribution in [1.29, 1.82) is 0 Å². The molecule has 0 aromatic carbocycles. The first kappa shape index (κ1) is 11.0. The molecule has 0 amide bonds. The van der Waals surface area contributed by atoms with Crippen LogP contribution in [0.2, 0.25) is 0 Å². The fraction of sp³-hybridized carbons (Fsp3) is 0.167. The molecule has 0 fully saturated rings. The fourth-order valence-electron chi connectivity index (χ4n) is 0.710. The summed E-state index contributed by atoms with van der Waals surface area (Å²) < 4.78 is 1.26. The number of thiocarbonyl (C=S) groups is 1. The lowest BCUT2D eigenvalue weighted by Crippen LogP contribution is -2.35. The highest BCUT2D eigenvalue weighted by atomic mass is 32.2. The van der Waals surface area contributed by atoms with E-state index >= 15 is 0 Å². The molecule has 0 saturated carbocycles. The number of hydrogen-bond donors (Lipinski definition) is 3. The lowest BCUT2D eigenvalue weighted by atomic mass is 10.8. The van der Waals surface area contributed by atoms with Gasteiger partial charge >= 0.3 is 0 Å². The molecule has 1 rings (SSSR count). The van der Waals surface area contributed by atoms with Gasteiger partial charge in [0.1, 0.15) is 0 Å². The quantitative estimate of drug-likeness (QED) is 0.216. The number of aromatic nitrogens is 3. The van der Waals surface area contributed by atoms with Crippen molar-refractivity contribution in [3.63, 3.8) is 0 Å². The Hall–Kier alpha value is -1.12. The van der Waals surface area contributed by atoms with Crippen LogP contribution in [0.3, 0.4) is 0 Å². The van der Waals surface area contributed by atoms with Crippen LogP contribution in [0.4, 0.5) is 5.95 Å². The lowest BCUT2D eigenvalue weighted by Gasteiger charge is -2.00. The standard InChI is InChI=1S/C6H10N6S2/c1-2-3-14-5-9-4(7)12(11-5)6(13)10-8/h2H,1,3,8H2,(H,10,13)(H2,7,9,11). The van der Waals surface area contributed by atoms with E-state index in [0.717, 1.165) is 0 Å². The van der Waals surface area contributed by atoms with Crippen LogP contribution < -0.4 is 17.0 Å². The number of hydrazine groups is 1. The zero-order valence-electron chi connectivity index (χ0n) is 7.30. The third-order valence-electron chi connectivity index (χ3n) is 1.26. The van der Waals surface area contributed by atoms with Crippen LogP contribution in [0.5, 0.6) is 0 Å². The largest absolute Gasteiger partial charge is 0.368 e. The van der Waals surface area contributed by atoms with Gasteiger partial charge < -0.3 is 5.73 Å². The van der Waals surface area contributed by atoms with Crippen LogP contribution >= 0.6 is 24.0 Å². The van der Waals surface area contributed by atoms with E-state index in [1.54, 1.807) is 6.08 Å². The number of nitrogens with zero attached hydrogens (tertiary/aromatic N) is 3. The zero-order chi connectivity index (χ0) is 10.6. The summed E-state index contributed by atoms with van der Waals surface area (Å²) in [6.07, 6.45) is 1.75. The Kier molecular flexibility index (Phi) is 3.86. The second-order valence-electron chi connectivity index (χ2n) is 2.21. The van der Waals surface area contributed by atoms with Gasteiger partial charge in [-0.2, -0.15) is 9.67 Å². The summed E-state index contributed by atoms with van der Waals surface area (Å²) in [6, 6.07) is 0. The van der Waals surface area contributed by atoms with Crippen LogP contribution in [0.25, 0.3) is 0 Å². The van der Waals surface area contributed by atoms with E-state index < -0.39 is 0 Å². The molecular weight excluding hydrogens is 220 g/mol. The smallest absolute Gasteiger partial charge is 0.226 e. The Labute approximate surface area is 90.7 Å². The molecule has 6 nitrogen and oxygen atoms in total. The Balaban J connectivity index is 2.81. The molecular formula is C6H10N6S2. The van der Waals surface area contributed by atoms with Gasteiger partial charge in [0.15, 0.2) is 0 Å². The summed E-state index contributed by atoms with van der Waals surface area (Å²) in [7, 11) is 0. The number of rotatable bonds is 3. The first-order chi connectivity index (χ1) is 6.69. The number of thioether (sulfide) groups is 1. The van der Waals surface area contributed by atoms with Gasteiger partial charge in [-0.3, -0.25) is 5.43 Å². The van der Waals surface area contributed by atoms with Crippen molar-refractivity contribution in [3.8, 4) is 0 Å². The molecule has 1 aromatic heterocycles. The fourth-order valence-corrected chi connectivity index (χ4v) is 1.41. The maximum atomic E-state index is 5.56. The molecule has 0 aliphatic heterocycles. The third-order valence-corrected chi connectivity index (χ3v) is 2.38. The van der Waals surface area contributed by atoms with Gasteiger partial charge in [-0.1, -0.05) is 17.8 Å². The number of hydrogen-bond acceptors (Lipinski definition) is 6. The minimum atomic E-state index is 0.208. The Morgan fingerprint density at radius 1 is 1.79 bits per heavy atom. The van der Waals surface area contributed by atoms with Gasteiger partial charge in [0.2, 0.25) is 16.2 Å². The van der Waals surface area contributed by atoms with Crippen molar-refractivity contribution < 1.29 is 0 Å². The molecule has 76 valence electrons. The lowest BCUT2D eigenvalue weighted by molar-refractivity contribution is 0.844. The normalized spacial score (nSPS) is 9.79. The highest BCUT2D eigenvalue weighted by Gasteiger charge is 2.09. The third kappa shape index (κ3) is 2.44. The van der Waals surface area contributed by atoms with E-state index in [1.165, 1.54) is 16.4 Å². The summed E-state index contributed by atoms with van der Waals surface area (Å²) in [5.74, 6) is 6.05. The summed E-state index contributed by atoms with van der Waals surface area (Å²) in [4.78, 5) is 3.98. The van der Waals surface area contributed by atoms with Crippen LogP contribution in [-0.4, -0.2) is 25.6 Å². The maximum Gasteiger partial charge on any atom is 0.226 e. The van der Waals surface area contributed by atoms with Crippen molar-refractivity contribution >= 4 is 35.0 Å². The summed E-state index contributed by atoms with van der Waals surface area (Å²) in [6.45, 7) is 3.58. The molecule has 14 heavy (non-hydrogen) atoms. The van der Waals surface area contributed by atoms with E-state index in [1.807, 2.05) is 0 Å². The predicted octanol–water partition coefficient (Wildman–Crippen LogP) is -0.265. The predicted molar refractivity (Wildman–Crippen MR) is 60.7 cm³/mol. The molecule has 0 radical (unpaired) electrons. The SMILES string of the molecule is C=CCSc1nc(N)n(C(=S)NN)n1. The molecule has 5 N–H and O–H groups in total. The van der Waals surface area contributed by atoms with E-state index in [-0.39, 0.29) is 11.1 Å². The van der Waals surface area contributed by atoms with Crippen molar-refractivity contribution in [2.24, 2.45) is 5.84 Å². The molecule has 0 saturated heterocycles. The molecule has 0 bridgehead atoms. The van der Waals surface area contributed by atoms with E-state index in [2.05, 4.69) is 22.1 Å². The molecule has 8 heteroatoms. The molecule has 0 spiro atoms. The van der Waals surface area contributed by atoms with Gasteiger partial charge in [-0.15, -0.1) is 11.7 Å². The first-order valence-electron chi connectivity index (χ1n) is 3.66. The van der Waals surface area contributed by atoms with Crippen LogP contribution in [0.15, 0.2) is 17.8 Å². The van der Waals surface area contributed by atoms with E-state index in [0.29, 0.717) is 10.9 Å². The first-order valence-corrected chi connectivity index (χ1v) is 5.05. The molecule has 0 unspecified atom stereocenters. The monoisotopic (exact) mass is 230 g/mol. The maximum absolute atomic E-state index is 5.56. The van der Waals surface area contributed by atoms with E-state index in [4.69, 9.17) is 23.8 Å². The molecule has 1 aromatic rings. The molecule has 1 heterocycles. The number of nitrogen functional groups attached to an aromatic ring is 1. The van der Waals surface area contributed by atoms with Gasteiger partial charge in [0.05, 0.1) is 0 Å². The van der Waals surface area contributed by atoms with Crippen molar-refractivity contribution in [1.82, 2.24) is 20.2 Å². The number of anilines is 1. The van der Waals surface area contributed by atoms with Crippen LogP contribution in [0.1, 0.15) is 0 Å². The highest BCUT2D eigenvalue weighted by Crippen LogP contribution is 2.14. The second kappa shape index (κ2) is 4.94. The molecule has 0 aliphatic carbocycles. The van der Waals surface area contributed by atoms with Crippen molar-refractivity contribution in [2.75, 3.05) is 11.5 Å². The topological polar surface area (TPSA) is 94.8 Å². The van der Waals surface area contributed by atoms with Gasteiger partial charge in [0, 0.05) is 5.75 Å². The van der Waals surface area contributed by atoms with Crippen LogP contribution in [-0.2, 0) is 0 Å². The summed E-state index contributed by atoms with van der Waals surface area (Å²) >= 11 is 6.26. The Morgan fingerprint density at radius 3 is 3.07 bits per heavy atom. The highest BCUT2D eigenvalue weighted by molar-refractivity contribution is 7.99. The number of nitrogens with one attached hydrogen (secondary N) is 1.